The van der Waals surface area contributed by atoms with Gasteiger partial charge in [-0.3, -0.25) is 0 Å². The summed E-state index contributed by atoms with van der Waals surface area (Å²) in [7, 11) is 0. The van der Waals surface area contributed by atoms with Crippen molar-refractivity contribution < 1.29 is 0 Å². The summed E-state index contributed by atoms with van der Waals surface area (Å²) < 4.78 is 0. The zero-order chi connectivity index (χ0) is 11.2. The van der Waals surface area contributed by atoms with Crippen LogP contribution in [0.3, 0.4) is 0 Å². The van der Waals surface area contributed by atoms with Gasteiger partial charge in [-0.05, 0) is 43.9 Å². The van der Waals surface area contributed by atoms with Gasteiger partial charge < -0.3 is 0 Å². The van der Waals surface area contributed by atoms with Crippen LogP contribution in [0.15, 0.2) is 23.8 Å². The molecule has 2 unspecified atom stereocenters. The van der Waals surface area contributed by atoms with E-state index in [1.807, 2.05) is 0 Å². The molecule has 0 aliphatic heterocycles. The van der Waals surface area contributed by atoms with E-state index in [0.717, 1.165) is 11.8 Å². The lowest BCUT2D eigenvalue weighted by atomic mass is 9.92. The molecule has 0 heteroatoms. The predicted octanol–water partition coefficient (Wildman–Crippen LogP) is 5.26. The first-order chi connectivity index (χ1) is 7.88. The maximum atomic E-state index is 2.43. The lowest BCUT2D eigenvalue weighted by molar-refractivity contribution is 0.509. The molecule has 0 aromatic rings. The molecule has 0 radical (unpaired) electrons. The van der Waals surface area contributed by atoms with Gasteiger partial charge in [0, 0.05) is 0 Å². The first-order valence-corrected chi connectivity index (χ1v) is 7.24. The molecule has 0 spiro atoms. The summed E-state index contributed by atoms with van der Waals surface area (Å²) in [5.41, 5.74) is 1.75. The molecule has 90 valence electrons. The first kappa shape index (κ1) is 12.0. The van der Waals surface area contributed by atoms with Crippen LogP contribution in [0.4, 0.5) is 0 Å². The molecule has 1 fully saturated rings. The van der Waals surface area contributed by atoms with Crippen LogP contribution >= 0.6 is 0 Å². The Hall–Kier alpha value is -0.520. The van der Waals surface area contributed by atoms with Crippen LogP contribution in [0.25, 0.3) is 0 Å². The largest absolute Gasteiger partial charge is 0.0845 e. The standard InChI is InChI=1S/C16H26/c1-14-12-13-15-10-8-6-4-2-3-5-7-9-11-16(14)15/h7,9,11,14-15H,2-6,8,10,12-13H2,1H3/b9-7+,16-11?. The van der Waals surface area contributed by atoms with Crippen molar-refractivity contribution >= 4 is 0 Å². The lowest BCUT2D eigenvalue weighted by Gasteiger charge is -2.14. The molecule has 2 aliphatic carbocycles. The maximum absolute atomic E-state index is 2.43. The summed E-state index contributed by atoms with van der Waals surface area (Å²) in [6.45, 7) is 2.41. The van der Waals surface area contributed by atoms with Crippen LogP contribution in [0.5, 0.6) is 0 Å². The molecule has 16 heavy (non-hydrogen) atoms. The molecule has 0 aromatic heterocycles. The second-order valence-corrected chi connectivity index (χ2v) is 5.62. The number of rotatable bonds is 0. The van der Waals surface area contributed by atoms with Gasteiger partial charge in [0.2, 0.25) is 0 Å². The Balaban J connectivity index is 2.02. The molecule has 0 bridgehead atoms. The van der Waals surface area contributed by atoms with Crippen molar-refractivity contribution in [3.05, 3.63) is 23.8 Å². The monoisotopic (exact) mass is 218 g/mol. The number of fused-ring (bicyclic) bond motifs is 1. The van der Waals surface area contributed by atoms with Gasteiger partial charge in [0.15, 0.2) is 0 Å². The molecule has 0 amide bonds. The highest BCUT2D eigenvalue weighted by atomic mass is 14.3. The molecule has 2 rings (SSSR count). The molecule has 0 N–H and O–H groups in total. The van der Waals surface area contributed by atoms with E-state index in [0.29, 0.717) is 0 Å². The third-order valence-corrected chi connectivity index (χ3v) is 4.34. The van der Waals surface area contributed by atoms with Crippen LogP contribution in [0, 0.1) is 11.8 Å². The fourth-order valence-electron chi connectivity index (χ4n) is 3.26. The van der Waals surface area contributed by atoms with Crippen molar-refractivity contribution in [2.75, 3.05) is 0 Å². The third-order valence-electron chi connectivity index (χ3n) is 4.34. The minimum absolute atomic E-state index is 0.845. The van der Waals surface area contributed by atoms with E-state index in [2.05, 4.69) is 25.2 Å². The molecular formula is C16H26. The number of hydrogen-bond donors (Lipinski definition) is 0. The Morgan fingerprint density at radius 2 is 1.75 bits per heavy atom. The quantitative estimate of drug-likeness (QED) is 0.520. The van der Waals surface area contributed by atoms with Gasteiger partial charge in [-0.15, -0.1) is 0 Å². The lowest BCUT2D eigenvalue weighted by Crippen LogP contribution is -2.00. The maximum Gasteiger partial charge on any atom is -0.0197 e. The molecule has 0 saturated heterocycles. The van der Waals surface area contributed by atoms with E-state index in [4.69, 9.17) is 0 Å². The fraction of sp³-hybridized carbons (Fsp3) is 0.750. The fourth-order valence-corrected chi connectivity index (χ4v) is 3.26. The minimum atomic E-state index is 0.845. The number of allylic oxidation sites excluding steroid dienone is 4. The molecule has 0 nitrogen and oxygen atoms in total. The Morgan fingerprint density at radius 1 is 0.938 bits per heavy atom. The zero-order valence-corrected chi connectivity index (χ0v) is 10.8. The van der Waals surface area contributed by atoms with Crippen molar-refractivity contribution in [1.82, 2.24) is 0 Å². The second-order valence-electron chi connectivity index (χ2n) is 5.62. The smallest absolute Gasteiger partial charge is 0.0197 e. The summed E-state index contributed by atoms with van der Waals surface area (Å²) >= 11 is 0. The minimum Gasteiger partial charge on any atom is -0.0845 e. The second kappa shape index (κ2) is 6.27. The van der Waals surface area contributed by atoms with Crippen molar-refractivity contribution in [3.63, 3.8) is 0 Å². The Morgan fingerprint density at radius 3 is 2.69 bits per heavy atom. The highest BCUT2D eigenvalue weighted by Crippen LogP contribution is 2.39. The SMILES string of the molecule is CC1CCC2CCCCCCC/C=C/C=C12. The van der Waals surface area contributed by atoms with Crippen molar-refractivity contribution in [2.24, 2.45) is 11.8 Å². The first-order valence-electron chi connectivity index (χ1n) is 7.24. The summed E-state index contributed by atoms with van der Waals surface area (Å²) in [6.07, 6.45) is 19.9. The summed E-state index contributed by atoms with van der Waals surface area (Å²) in [5, 5.41) is 0. The van der Waals surface area contributed by atoms with E-state index >= 15 is 0 Å². The van der Waals surface area contributed by atoms with Crippen LogP contribution in [0.2, 0.25) is 0 Å². The molecule has 0 heterocycles. The molecule has 0 aromatic carbocycles. The van der Waals surface area contributed by atoms with Crippen LogP contribution in [0.1, 0.15) is 64.7 Å². The Labute approximate surface area is 101 Å². The van der Waals surface area contributed by atoms with Gasteiger partial charge in [0.25, 0.3) is 0 Å². The van der Waals surface area contributed by atoms with Gasteiger partial charge in [0.1, 0.15) is 0 Å². The summed E-state index contributed by atoms with van der Waals surface area (Å²) in [4.78, 5) is 0. The van der Waals surface area contributed by atoms with Crippen molar-refractivity contribution in [2.45, 2.75) is 64.7 Å². The Bertz CT molecular complexity index is 259. The van der Waals surface area contributed by atoms with Crippen molar-refractivity contribution in [1.29, 1.82) is 0 Å². The average molecular weight is 218 g/mol. The zero-order valence-electron chi connectivity index (χ0n) is 10.8. The molecule has 1 saturated carbocycles. The topological polar surface area (TPSA) is 0 Å². The van der Waals surface area contributed by atoms with Crippen LogP contribution < -0.4 is 0 Å². The van der Waals surface area contributed by atoms with E-state index < -0.39 is 0 Å². The summed E-state index contributed by atoms with van der Waals surface area (Å²) in [5.74, 6) is 1.76. The predicted molar refractivity (Wildman–Crippen MR) is 71.4 cm³/mol. The van der Waals surface area contributed by atoms with Gasteiger partial charge in [-0.25, -0.2) is 0 Å². The highest BCUT2D eigenvalue weighted by molar-refractivity contribution is 5.20. The molecule has 2 aliphatic rings. The van der Waals surface area contributed by atoms with Gasteiger partial charge in [0.05, 0.1) is 0 Å². The third kappa shape index (κ3) is 3.23. The van der Waals surface area contributed by atoms with Crippen LogP contribution in [-0.4, -0.2) is 0 Å². The highest BCUT2D eigenvalue weighted by Gasteiger charge is 2.25. The van der Waals surface area contributed by atoms with E-state index in [1.54, 1.807) is 5.57 Å². The van der Waals surface area contributed by atoms with Gasteiger partial charge in [-0.1, -0.05) is 56.4 Å². The number of hydrogen-bond acceptors (Lipinski definition) is 0. The van der Waals surface area contributed by atoms with E-state index in [1.165, 1.54) is 57.8 Å². The van der Waals surface area contributed by atoms with E-state index in [-0.39, 0.29) is 0 Å². The van der Waals surface area contributed by atoms with Gasteiger partial charge in [-0.2, -0.15) is 0 Å². The normalized spacial score (nSPS) is 34.4. The average Bonchev–Trinajstić information content (AvgIpc) is 2.60. The van der Waals surface area contributed by atoms with Crippen molar-refractivity contribution in [3.8, 4) is 0 Å². The summed E-state index contributed by atoms with van der Waals surface area (Å²) in [6, 6.07) is 0. The van der Waals surface area contributed by atoms with E-state index in [9.17, 15) is 0 Å². The molecule has 2 atom stereocenters. The van der Waals surface area contributed by atoms with Gasteiger partial charge >= 0.3 is 0 Å². The Kier molecular flexibility index (Phi) is 4.69. The molecular weight excluding hydrogens is 192 g/mol. The van der Waals surface area contributed by atoms with Crippen LogP contribution in [-0.2, 0) is 0 Å².